The summed E-state index contributed by atoms with van der Waals surface area (Å²) in [5, 5.41) is 18.4. The summed E-state index contributed by atoms with van der Waals surface area (Å²) >= 11 is 0. The summed E-state index contributed by atoms with van der Waals surface area (Å²) in [5.74, 6) is -1.90. The SMILES string of the molecule is O=C(c1ccc(O)c(O)c1)c1ccccc1F. The highest BCUT2D eigenvalue weighted by Gasteiger charge is 2.14. The van der Waals surface area contributed by atoms with Crippen LogP contribution < -0.4 is 0 Å². The minimum atomic E-state index is -0.620. The van der Waals surface area contributed by atoms with E-state index in [-0.39, 0.29) is 16.9 Å². The highest BCUT2D eigenvalue weighted by atomic mass is 19.1. The molecule has 0 amide bonds. The van der Waals surface area contributed by atoms with Crippen molar-refractivity contribution in [2.45, 2.75) is 0 Å². The van der Waals surface area contributed by atoms with Crippen LogP contribution in [0.3, 0.4) is 0 Å². The fraction of sp³-hybridized carbons (Fsp3) is 0. The summed E-state index contributed by atoms with van der Waals surface area (Å²) in [6.07, 6.45) is 0. The van der Waals surface area contributed by atoms with E-state index >= 15 is 0 Å². The van der Waals surface area contributed by atoms with E-state index in [1.807, 2.05) is 0 Å². The van der Waals surface area contributed by atoms with Crippen molar-refractivity contribution < 1.29 is 19.4 Å². The number of hydrogen-bond acceptors (Lipinski definition) is 3. The Morgan fingerprint density at radius 3 is 2.35 bits per heavy atom. The van der Waals surface area contributed by atoms with E-state index in [0.29, 0.717) is 0 Å². The minimum absolute atomic E-state index is 0.0717. The van der Waals surface area contributed by atoms with E-state index in [0.717, 1.165) is 6.07 Å². The Hall–Kier alpha value is -2.36. The molecule has 0 atom stereocenters. The highest BCUT2D eigenvalue weighted by Crippen LogP contribution is 2.26. The zero-order valence-electron chi connectivity index (χ0n) is 8.72. The first-order chi connectivity index (χ1) is 8.09. The molecule has 4 heteroatoms. The van der Waals surface area contributed by atoms with Gasteiger partial charge in [-0.1, -0.05) is 12.1 Å². The number of halogens is 1. The van der Waals surface area contributed by atoms with Gasteiger partial charge in [0.25, 0.3) is 0 Å². The van der Waals surface area contributed by atoms with Gasteiger partial charge in [-0.05, 0) is 30.3 Å². The predicted octanol–water partition coefficient (Wildman–Crippen LogP) is 2.47. The van der Waals surface area contributed by atoms with E-state index < -0.39 is 17.3 Å². The van der Waals surface area contributed by atoms with Crippen molar-refractivity contribution in [3.8, 4) is 11.5 Å². The van der Waals surface area contributed by atoms with Crippen LogP contribution >= 0.6 is 0 Å². The molecular formula is C13H9FO3. The first kappa shape index (κ1) is 11.1. The van der Waals surface area contributed by atoms with Crippen molar-refractivity contribution in [3.63, 3.8) is 0 Å². The maximum absolute atomic E-state index is 13.4. The predicted molar refractivity (Wildman–Crippen MR) is 59.6 cm³/mol. The van der Waals surface area contributed by atoms with Crippen molar-refractivity contribution in [1.82, 2.24) is 0 Å². The van der Waals surface area contributed by atoms with Crippen LogP contribution in [0.5, 0.6) is 11.5 Å². The summed E-state index contributed by atoms with van der Waals surface area (Å²) in [7, 11) is 0. The third kappa shape index (κ3) is 2.10. The van der Waals surface area contributed by atoms with Gasteiger partial charge in [-0.15, -0.1) is 0 Å². The summed E-state index contributed by atoms with van der Waals surface area (Å²) < 4.78 is 13.4. The molecule has 0 saturated heterocycles. The molecule has 0 aliphatic carbocycles. The molecule has 0 aliphatic rings. The van der Waals surface area contributed by atoms with E-state index in [1.54, 1.807) is 6.07 Å². The van der Waals surface area contributed by atoms with Crippen LogP contribution in [0, 0.1) is 5.82 Å². The highest BCUT2D eigenvalue weighted by molar-refractivity contribution is 6.09. The second-order valence-electron chi connectivity index (χ2n) is 3.51. The van der Waals surface area contributed by atoms with Crippen molar-refractivity contribution in [3.05, 3.63) is 59.4 Å². The van der Waals surface area contributed by atoms with Crippen LogP contribution in [0.2, 0.25) is 0 Å². The topological polar surface area (TPSA) is 57.5 Å². The van der Waals surface area contributed by atoms with Gasteiger partial charge in [0.05, 0.1) is 5.56 Å². The number of rotatable bonds is 2. The van der Waals surface area contributed by atoms with E-state index in [9.17, 15) is 14.3 Å². The number of hydrogen-bond donors (Lipinski definition) is 2. The Kier molecular flexibility index (Phi) is 2.78. The molecular weight excluding hydrogens is 223 g/mol. The molecule has 0 aliphatic heterocycles. The number of benzene rings is 2. The third-order valence-corrected chi connectivity index (χ3v) is 2.36. The zero-order valence-corrected chi connectivity index (χ0v) is 8.72. The average molecular weight is 232 g/mol. The molecule has 86 valence electrons. The molecule has 0 bridgehead atoms. The Morgan fingerprint density at radius 2 is 1.71 bits per heavy atom. The van der Waals surface area contributed by atoms with E-state index in [2.05, 4.69) is 0 Å². The number of aromatic hydroxyl groups is 2. The fourth-order valence-corrected chi connectivity index (χ4v) is 1.47. The standard InChI is InChI=1S/C13H9FO3/c14-10-4-2-1-3-9(10)13(17)8-5-6-11(15)12(16)7-8/h1-7,15-16H. The van der Waals surface area contributed by atoms with Crippen molar-refractivity contribution in [2.75, 3.05) is 0 Å². The van der Waals surface area contributed by atoms with Crippen molar-refractivity contribution >= 4 is 5.78 Å². The lowest BCUT2D eigenvalue weighted by atomic mass is 10.0. The summed E-state index contributed by atoms with van der Waals surface area (Å²) in [4.78, 5) is 11.9. The molecule has 0 unspecified atom stereocenters. The number of phenols is 2. The molecule has 2 aromatic carbocycles. The summed E-state index contributed by atoms with van der Waals surface area (Å²) in [6, 6.07) is 9.20. The number of phenolic OH excluding ortho intramolecular Hbond substituents is 2. The molecule has 0 heterocycles. The normalized spacial score (nSPS) is 10.2. The van der Waals surface area contributed by atoms with Gasteiger partial charge in [0.1, 0.15) is 5.82 Å². The maximum atomic E-state index is 13.4. The Balaban J connectivity index is 2.44. The molecule has 0 fully saturated rings. The number of ketones is 1. The lowest BCUT2D eigenvalue weighted by Crippen LogP contribution is -2.03. The van der Waals surface area contributed by atoms with Gasteiger partial charge in [-0.3, -0.25) is 4.79 Å². The van der Waals surface area contributed by atoms with Gasteiger partial charge in [0.2, 0.25) is 0 Å². The van der Waals surface area contributed by atoms with Crippen LogP contribution in [-0.4, -0.2) is 16.0 Å². The van der Waals surface area contributed by atoms with E-state index in [4.69, 9.17) is 5.11 Å². The average Bonchev–Trinajstić information content (AvgIpc) is 2.32. The van der Waals surface area contributed by atoms with E-state index in [1.165, 1.54) is 30.3 Å². The molecule has 2 aromatic rings. The van der Waals surface area contributed by atoms with Gasteiger partial charge < -0.3 is 10.2 Å². The maximum Gasteiger partial charge on any atom is 0.196 e. The monoisotopic (exact) mass is 232 g/mol. The molecule has 0 radical (unpaired) electrons. The van der Waals surface area contributed by atoms with Crippen LogP contribution in [0.15, 0.2) is 42.5 Å². The lowest BCUT2D eigenvalue weighted by molar-refractivity contribution is 0.103. The molecule has 2 rings (SSSR count). The second kappa shape index (κ2) is 4.25. The quantitative estimate of drug-likeness (QED) is 0.617. The minimum Gasteiger partial charge on any atom is -0.504 e. The zero-order chi connectivity index (χ0) is 12.4. The first-order valence-corrected chi connectivity index (χ1v) is 4.91. The van der Waals surface area contributed by atoms with Gasteiger partial charge in [-0.25, -0.2) is 4.39 Å². The third-order valence-electron chi connectivity index (χ3n) is 2.36. The second-order valence-corrected chi connectivity index (χ2v) is 3.51. The molecule has 2 N–H and O–H groups in total. The van der Waals surface area contributed by atoms with Gasteiger partial charge >= 0.3 is 0 Å². The Labute approximate surface area is 96.8 Å². The van der Waals surface area contributed by atoms with Crippen LogP contribution in [-0.2, 0) is 0 Å². The smallest absolute Gasteiger partial charge is 0.196 e. The molecule has 17 heavy (non-hydrogen) atoms. The molecule has 0 spiro atoms. The van der Waals surface area contributed by atoms with Gasteiger partial charge in [-0.2, -0.15) is 0 Å². The van der Waals surface area contributed by atoms with Crippen LogP contribution in [0.4, 0.5) is 4.39 Å². The largest absolute Gasteiger partial charge is 0.504 e. The molecule has 0 aromatic heterocycles. The van der Waals surface area contributed by atoms with Crippen LogP contribution in [0.25, 0.3) is 0 Å². The Bertz CT molecular complexity index is 579. The number of carbonyl (C=O) groups excluding carboxylic acids is 1. The summed E-state index contributed by atoms with van der Waals surface area (Å²) in [5.41, 5.74) is 0.0444. The number of carbonyl (C=O) groups is 1. The Morgan fingerprint density at radius 1 is 1.00 bits per heavy atom. The first-order valence-electron chi connectivity index (χ1n) is 4.91. The summed E-state index contributed by atoms with van der Waals surface area (Å²) in [6.45, 7) is 0. The van der Waals surface area contributed by atoms with Crippen molar-refractivity contribution in [2.24, 2.45) is 0 Å². The van der Waals surface area contributed by atoms with Crippen LogP contribution in [0.1, 0.15) is 15.9 Å². The van der Waals surface area contributed by atoms with Gasteiger partial charge in [0, 0.05) is 5.56 Å². The van der Waals surface area contributed by atoms with Gasteiger partial charge in [0.15, 0.2) is 17.3 Å². The van der Waals surface area contributed by atoms with Crippen molar-refractivity contribution in [1.29, 1.82) is 0 Å². The lowest BCUT2D eigenvalue weighted by Gasteiger charge is -2.04. The fourth-order valence-electron chi connectivity index (χ4n) is 1.47. The molecule has 3 nitrogen and oxygen atoms in total. The molecule has 0 saturated carbocycles.